The van der Waals surface area contributed by atoms with Gasteiger partial charge in [-0.05, 0) is 17.7 Å². The van der Waals surface area contributed by atoms with Crippen molar-refractivity contribution < 1.29 is 8.42 Å². The number of sulfonamides is 1. The third-order valence-electron chi connectivity index (χ3n) is 3.05. The van der Waals surface area contributed by atoms with E-state index in [0.29, 0.717) is 11.1 Å². The second kappa shape index (κ2) is 5.44. The molecule has 2 heterocycles. The number of benzene rings is 1. The quantitative estimate of drug-likeness (QED) is 0.483. The van der Waals surface area contributed by atoms with Crippen LogP contribution in [-0.2, 0) is 10.0 Å². The number of hydrogen-bond donors (Lipinski definition) is 5. The highest BCUT2D eigenvalue weighted by atomic mass is 32.2. The summed E-state index contributed by atoms with van der Waals surface area (Å²) in [6.07, 6.45) is 2.61. The van der Waals surface area contributed by atoms with E-state index >= 15 is 0 Å². The summed E-state index contributed by atoms with van der Waals surface area (Å²) >= 11 is 0. The first kappa shape index (κ1) is 14.0. The number of primary sulfonamides is 1. The molecule has 1 fully saturated rings. The van der Waals surface area contributed by atoms with Crippen LogP contribution < -0.4 is 27.1 Å². The predicted octanol–water partition coefficient (Wildman–Crippen LogP) is -1.09. The predicted molar refractivity (Wildman–Crippen MR) is 74.1 cm³/mol. The molecule has 0 atom stereocenters. The van der Waals surface area contributed by atoms with Gasteiger partial charge in [-0.2, -0.15) is 21.3 Å². The summed E-state index contributed by atoms with van der Waals surface area (Å²) in [6, 6.07) is 6.64. The molecular formula is C11H13N7O2S. The minimum atomic E-state index is -3.87. The Hall–Kier alpha value is -1.95. The lowest BCUT2D eigenvalue weighted by atomic mass is 9.99. The van der Waals surface area contributed by atoms with E-state index in [0.717, 1.165) is 5.56 Å². The Kier molecular flexibility index (Phi) is 3.63. The highest BCUT2D eigenvalue weighted by molar-refractivity contribution is 7.89. The van der Waals surface area contributed by atoms with Gasteiger partial charge >= 0.3 is 0 Å². The van der Waals surface area contributed by atoms with Crippen molar-refractivity contribution in [2.45, 2.75) is 11.1 Å². The SMILES string of the molecule is NS(=O)(=O)c1cccc(-c2ccnnc2)c1C1NNNN1. The van der Waals surface area contributed by atoms with Crippen molar-refractivity contribution in [1.82, 2.24) is 32.1 Å². The van der Waals surface area contributed by atoms with E-state index < -0.39 is 16.2 Å². The Balaban J connectivity index is 2.25. The van der Waals surface area contributed by atoms with Crippen LogP contribution in [0, 0.1) is 0 Å². The first-order valence-corrected chi connectivity index (χ1v) is 7.56. The van der Waals surface area contributed by atoms with Gasteiger partial charge in [0.1, 0.15) is 6.17 Å². The number of nitrogens with one attached hydrogen (secondary N) is 4. The summed E-state index contributed by atoms with van der Waals surface area (Å²) in [6.45, 7) is 0. The van der Waals surface area contributed by atoms with Crippen molar-refractivity contribution in [1.29, 1.82) is 0 Å². The van der Waals surface area contributed by atoms with E-state index in [2.05, 4.69) is 32.1 Å². The molecule has 1 aliphatic rings. The van der Waals surface area contributed by atoms with Gasteiger partial charge in [0.15, 0.2) is 0 Å². The fraction of sp³-hybridized carbons (Fsp3) is 0.0909. The largest absolute Gasteiger partial charge is 0.238 e. The third-order valence-corrected chi connectivity index (χ3v) is 4.02. The lowest BCUT2D eigenvalue weighted by Crippen LogP contribution is -2.33. The molecule has 3 rings (SSSR count). The van der Waals surface area contributed by atoms with E-state index in [4.69, 9.17) is 5.14 Å². The fourth-order valence-corrected chi connectivity index (χ4v) is 2.99. The Morgan fingerprint density at radius 3 is 2.48 bits per heavy atom. The minimum absolute atomic E-state index is 0.0345. The Morgan fingerprint density at radius 1 is 1.10 bits per heavy atom. The van der Waals surface area contributed by atoms with E-state index in [1.807, 2.05) is 0 Å². The molecule has 10 heteroatoms. The van der Waals surface area contributed by atoms with Gasteiger partial charge in [-0.3, -0.25) is 0 Å². The zero-order valence-corrected chi connectivity index (χ0v) is 11.6. The van der Waals surface area contributed by atoms with Crippen molar-refractivity contribution in [2.75, 3.05) is 0 Å². The molecule has 1 saturated heterocycles. The van der Waals surface area contributed by atoms with Crippen LogP contribution in [-0.4, -0.2) is 18.6 Å². The maximum atomic E-state index is 11.8. The van der Waals surface area contributed by atoms with Gasteiger partial charge in [-0.25, -0.2) is 24.4 Å². The summed E-state index contributed by atoms with van der Waals surface area (Å²) in [5.74, 6) is 0. The molecule has 0 bridgehead atoms. The van der Waals surface area contributed by atoms with Crippen LogP contribution in [0.4, 0.5) is 0 Å². The molecule has 110 valence electrons. The third kappa shape index (κ3) is 2.76. The summed E-state index contributed by atoms with van der Waals surface area (Å²) in [7, 11) is -3.87. The minimum Gasteiger partial charge on any atom is -0.225 e. The van der Waals surface area contributed by atoms with Crippen LogP contribution >= 0.6 is 0 Å². The second-order valence-electron chi connectivity index (χ2n) is 4.37. The second-order valence-corrected chi connectivity index (χ2v) is 5.90. The molecule has 0 saturated carbocycles. The van der Waals surface area contributed by atoms with Crippen LogP contribution in [0.1, 0.15) is 11.7 Å². The summed E-state index contributed by atoms with van der Waals surface area (Å²) < 4.78 is 23.7. The molecule has 0 amide bonds. The molecule has 9 nitrogen and oxygen atoms in total. The summed E-state index contributed by atoms with van der Waals surface area (Å²) in [5.41, 5.74) is 13.0. The molecule has 0 radical (unpaired) electrons. The van der Waals surface area contributed by atoms with E-state index in [-0.39, 0.29) is 4.90 Å². The zero-order valence-electron chi connectivity index (χ0n) is 10.7. The lowest BCUT2D eigenvalue weighted by molar-refractivity contribution is 0.540. The first-order chi connectivity index (χ1) is 10.1. The van der Waals surface area contributed by atoms with Crippen molar-refractivity contribution in [3.63, 3.8) is 0 Å². The Bertz CT molecular complexity index is 744. The van der Waals surface area contributed by atoms with Crippen LogP contribution in [0.15, 0.2) is 41.6 Å². The smallest absolute Gasteiger partial charge is 0.225 e. The maximum absolute atomic E-state index is 11.8. The number of hydrogen-bond acceptors (Lipinski definition) is 8. The van der Waals surface area contributed by atoms with Gasteiger partial charge in [0.05, 0.1) is 17.3 Å². The Labute approximate surface area is 120 Å². The topological polar surface area (TPSA) is 134 Å². The maximum Gasteiger partial charge on any atom is 0.238 e. The monoisotopic (exact) mass is 307 g/mol. The van der Waals surface area contributed by atoms with Gasteiger partial charge < -0.3 is 0 Å². The van der Waals surface area contributed by atoms with Crippen LogP contribution in [0.5, 0.6) is 0 Å². The molecule has 0 aliphatic carbocycles. The molecule has 0 spiro atoms. The normalized spacial score (nSPS) is 16.2. The summed E-state index contributed by atoms with van der Waals surface area (Å²) in [5, 5.41) is 12.9. The molecule has 1 aromatic carbocycles. The standard InChI is InChI=1S/C11H13N7O2S/c12-21(19,20)9-3-1-2-8(7-4-5-13-14-6-7)10(9)11-15-17-18-16-11/h1-6,11,15-18H,(H2,12,19,20). The van der Waals surface area contributed by atoms with Crippen molar-refractivity contribution in [2.24, 2.45) is 5.14 Å². The number of hydrazine groups is 3. The average molecular weight is 307 g/mol. The van der Waals surface area contributed by atoms with Crippen molar-refractivity contribution in [3.05, 3.63) is 42.2 Å². The number of nitrogens with two attached hydrogens (primary N) is 1. The molecular weight excluding hydrogens is 294 g/mol. The van der Waals surface area contributed by atoms with E-state index in [9.17, 15) is 8.42 Å². The zero-order chi connectivity index (χ0) is 14.9. The lowest BCUT2D eigenvalue weighted by Gasteiger charge is -2.18. The van der Waals surface area contributed by atoms with Crippen LogP contribution in [0.3, 0.4) is 0 Å². The van der Waals surface area contributed by atoms with E-state index in [1.165, 1.54) is 12.3 Å². The molecule has 1 aliphatic heterocycles. The highest BCUT2D eigenvalue weighted by Crippen LogP contribution is 2.31. The molecule has 2 aromatic rings. The van der Waals surface area contributed by atoms with Gasteiger partial charge in [-0.15, -0.1) is 0 Å². The first-order valence-electron chi connectivity index (χ1n) is 6.01. The van der Waals surface area contributed by atoms with Gasteiger partial charge in [0.2, 0.25) is 10.0 Å². The highest BCUT2D eigenvalue weighted by Gasteiger charge is 2.26. The number of rotatable bonds is 3. The molecule has 0 unspecified atom stereocenters. The van der Waals surface area contributed by atoms with Crippen LogP contribution in [0.25, 0.3) is 11.1 Å². The average Bonchev–Trinajstić information content (AvgIpc) is 3.00. The molecule has 21 heavy (non-hydrogen) atoms. The number of nitrogens with zero attached hydrogens (tertiary/aromatic N) is 2. The summed E-state index contributed by atoms with van der Waals surface area (Å²) in [4.78, 5) is 0.0345. The number of aromatic nitrogens is 2. The van der Waals surface area contributed by atoms with Crippen molar-refractivity contribution >= 4 is 10.0 Å². The van der Waals surface area contributed by atoms with Crippen molar-refractivity contribution in [3.8, 4) is 11.1 Å². The Morgan fingerprint density at radius 2 is 1.86 bits per heavy atom. The van der Waals surface area contributed by atoms with Gasteiger partial charge in [-0.1, -0.05) is 12.1 Å². The van der Waals surface area contributed by atoms with Crippen LogP contribution in [0.2, 0.25) is 0 Å². The fourth-order valence-electron chi connectivity index (χ4n) is 2.19. The van der Waals surface area contributed by atoms with Gasteiger partial charge in [0.25, 0.3) is 0 Å². The molecule has 6 N–H and O–H groups in total. The van der Waals surface area contributed by atoms with E-state index in [1.54, 1.807) is 24.4 Å². The molecule has 1 aromatic heterocycles. The van der Waals surface area contributed by atoms with Gasteiger partial charge in [0, 0.05) is 11.1 Å².